The molecule has 2 unspecified atom stereocenters. The summed E-state index contributed by atoms with van der Waals surface area (Å²) in [5, 5.41) is 26.3. The molecule has 0 aromatic heterocycles. The van der Waals surface area contributed by atoms with Gasteiger partial charge in [0, 0.05) is 12.1 Å². The van der Waals surface area contributed by atoms with Crippen molar-refractivity contribution in [2.24, 2.45) is 0 Å². The zero-order valence-electron chi connectivity index (χ0n) is 7.97. The number of aliphatic hydroxyl groups excluding tert-OH is 2. The standard InChI is InChI=1S/C8H17NO4/c1-6(4-10)9(3-8(12)13)7(2)5-11/h6-7,10-11H,3-5H2,1-2H3,(H,12,13). The lowest BCUT2D eigenvalue weighted by Gasteiger charge is -2.30. The smallest absolute Gasteiger partial charge is 0.317 e. The van der Waals surface area contributed by atoms with Crippen molar-refractivity contribution in [3.05, 3.63) is 0 Å². The third-order valence-corrected chi connectivity index (χ3v) is 1.98. The second kappa shape index (κ2) is 5.90. The molecule has 0 aromatic carbocycles. The second-order valence-electron chi connectivity index (χ2n) is 3.13. The first-order chi connectivity index (χ1) is 6.02. The fourth-order valence-electron chi connectivity index (χ4n) is 1.11. The van der Waals surface area contributed by atoms with Crippen LogP contribution in [-0.2, 0) is 4.79 Å². The molecule has 0 spiro atoms. The molecule has 0 aliphatic rings. The zero-order chi connectivity index (χ0) is 10.4. The van der Waals surface area contributed by atoms with E-state index >= 15 is 0 Å². The fourth-order valence-corrected chi connectivity index (χ4v) is 1.11. The predicted octanol–water partition coefficient (Wildman–Crippen LogP) is -0.865. The van der Waals surface area contributed by atoms with Crippen LogP contribution in [-0.4, -0.2) is 58.0 Å². The molecule has 0 aliphatic heterocycles. The molecule has 3 N–H and O–H groups in total. The number of carboxylic acids is 1. The highest BCUT2D eigenvalue weighted by atomic mass is 16.4. The number of nitrogens with zero attached hydrogens (tertiary/aromatic N) is 1. The van der Waals surface area contributed by atoms with Crippen molar-refractivity contribution >= 4 is 5.97 Å². The quantitative estimate of drug-likeness (QED) is 0.508. The molecule has 13 heavy (non-hydrogen) atoms. The molecule has 0 rings (SSSR count). The van der Waals surface area contributed by atoms with E-state index < -0.39 is 5.97 Å². The Balaban J connectivity index is 4.26. The summed E-state index contributed by atoms with van der Waals surface area (Å²) < 4.78 is 0. The van der Waals surface area contributed by atoms with Crippen molar-refractivity contribution in [2.75, 3.05) is 19.8 Å². The van der Waals surface area contributed by atoms with Crippen LogP contribution in [0.4, 0.5) is 0 Å². The van der Waals surface area contributed by atoms with Crippen molar-refractivity contribution < 1.29 is 20.1 Å². The van der Waals surface area contributed by atoms with Crippen LogP contribution < -0.4 is 0 Å². The van der Waals surface area contributed by atoms with Gasteiger partial charge in [0.1, 0.15) is 0 Å². The van der Waals surface area contributed by atoms with Crippen LogP contribution in [0.1, 0.15) is 13.8 Å². The third kappa shape index (κ3) is 4.21. The molecular formula is C8H17NO4. The van der Waals surface area contributed by atoms with Gasteiger partial charge in [-0.2, -0.15) is 0 Å². The molecule has 78 valence electrons. The Morgan fingerprint density at radius 3 is 1.85 bits per heavy atom. The van der Waals surface area contributed by atoms with Gasteiger partial charge < -0.3 is 15.3 Å². The Morgan fingerprint density at radius 1 is 1.23 bits per heavy atom. The molecule has 5 nitrogen and oxygen atoms in total. The Bertz CT molecular complexity index is 152. The van der Waals surface area contributed by atoms with Crippen LogP contribution >= 0.6 is 0 Å². The van der Waals surface area contributed by atoms with Crippen molar-refractivity contribution in [1.29, 1.82) is 0 Å². The molecular weight excluding hydrogens is 174 g/mol. The maximum Gasteiger partial charge on any atom is 0.317 e. The van der Waals surface area contributed by atoms with Gasteiger partial charge in [0.2, 0.25) is 0 Å². The van der Waals surface area contributed by atoms with Gasteiger partial charge >= 0.3 is 5.97 Å². The molecule has 5 heteroatoms. The van der Waals surface area contributed by atoms with E-state index in [9.17, 15) is 4.79 Å². The lowest BCUT2D eigenvalue weighted by Crippen LogP contribution is -2.46. The SMILES string of the molecule is CC(CO)N(CC(=O)O)C(C)CO. The van der Waals surface area contributed by atoms with E-state index in [-0.39, 0.29) is 31.8 Å². The fraction of sp³-hybridized carbons (Fsp3) is 0.875. The van der Waals surface area contributed by atoms with E-state index in [1.165, 1.54) is 0 Å². The first kappa shape index (κ1) is 12.3. The number of rotatable bonds is 6. The monoisotopic (exact) mass is 191 g/mol. The molecule has 0 heterocycles. The third-order valence-electron chi connectivity index (χ3n) is 1.98. The second-order valence-corrected chi connectivity index (χ2v) is 3.13. The topological polar surface area (TPSA) is 81.0 Å². The van der Waals surface area contributed by atoms with Gasteiger partial charge in [0.25, 0.3) is 0 Å². The minimum Gasteiger partial charge on any atom is -0.480 e. The molecule has 0 radical (unpaired) electrons. The Labute approximate surface area is 77.6 Å². The Morgan fingerprint density at radius 2 is 1.62 bits per heavy atom. The number of aliphatic carboxylic acids is 1. The number of carboxylic acid groups (broad SMARTS) is 1. The summed E-state index contributed by atoms with van der Waals surface area (Å²) in [6.45, 7) is 3.04. The molecule has 0 aromatic rings. The first-order valence-corrected chi connectivity index (χ1v) is 4.22. The largest absolute Gasteiger partial charge is 0.480 e. The summed E-state index contributed by atoms with van der Waals surface area (Å²) in [5.74, 6) is -0.958. The summed E-state index contributed by atoms with van der Waals surface area (Å²) in [7, 11) is 0. The highest BCUT2D eigenvalue weighted by Gasteiger charge is 2.21. The first-order valence-electron chi connectivity index (χ1n) is 4.22. The van der Waals surface area contributed by atoms with Crippen LogP contribution in [0.3, 0.4) is 0 Å². The summed E-state index contributed by atoms with van der Waals surface area (Å²) in [4.78, 5) is 12.0. The molecule has 0 aliphatic carbocycles. The molecule has 0 saturated carbocycles. The number of hydrogen-bond donors (Lipinski definition) is 3. The van der Waals surface area contributed by atoms with Gasteiger partial charge in [-0.25, -0.2) is 0 Å². The lowest BCUT2D eigenvalue weighted by molar-refractivity contribution is -0.140. The highest BCUT2D eigenvalue weighted by Crippen LogP contribution is 2.04. The van der Waals surface area contributed by atoms with E-state index in [1.54, 1.807) is 18.7 Å². The number of aliphatic hydroxyl groups is 2. The van der Waals surface area contributed by atoms with Gasteiger partial charge in [-0.3, -0.25) is 9.69 Å². The summed E-state index contributed by atoms with van der Waals surface area (Å²) in [6.07, 6.45) is 0. The molecule has 0 fully saturated rings. The van der Waals surface area contributed by atoms with Crippen molar-refractivity contribution in [3.8, 4) is 0 Å². The van der Waals surface area contributed by atoms with Crippen molar-refractivity contribution in [1.82, 2.24) is 4.90 Å². The Kier molecular flexibility index (Phi) is 5.61. The van der Waals surface area contributed by atoms with Crippen LogP contribution in [0, 0.1) is 0 Å². The van der Waals surface area contributed by atoms with Crippen molar-refractivity contribution in [2.45, 2.75) is 25.9 Å². The van der Waals surface area contributed by atoms with Crippen LogP contribution in [0.5, 0.6) is 0 Å². The number of carbonyl (C=O) groups is 1. The van der Waals surface area contributed by atoms with E-state index in [0.29, 0.717) is 0 Å². The highest BCUT2D eigenvalue weighted by molar-refractivity contribution is 5.69. The molecule has 0 saturated heterocycles. The van der Waals surface area contributed by atoms with Gasteiger partial charge in [-0.15, -0.1) is 0 Å². The maximum absolute atomic E-state index is 10.4. The van der Waals surface area contributed by atoms with Gasteiger partial charge in [0.05, 0.1) is 19.8 Å². The van der Waals surface area contributed by atoms with Crippen LogP contribution in [0.15, 0.2) is 0 Å². The summed E-state index contributed by atoms with van der Waals surface area (Å²) >= 11 is 0. The average Bonchev–Trinajstić information content (AvgIpc) is 2.11. The lowest BCUT2D eigenvalue weighted by atomic mass is 10.2. The van der Waals surface area contributed by atoms with E-state index in [0.717, 1.165) is 0 Å². The molecule has 0 bridgehead atoms. The Hall–Kier alpha value is -0.650. The summed E-state index contributed by atoms with van der Waals surface area (Å²) in [5.41, 5.74) is 0. The minimum atomic E-state index is -0.958. The normalized spacial score (nSPS) is 15.8. The van der Waals surface area contributed by atoms with Crippen molar-refractivity contribution in [3.63, 3.8) is 0 Å². The van der Waals surface area contributed by atoms with Crippen LogP contribution in [0.2, 0.25) is 0 Å². The number of hydrogen-bond acceptors (Lipinski definition) is 4. The van der Waals surface area contributed by atoms with E-state index in [4.69, 9.17) is 15.3 Å². The van der Waals surface area contributed by atoms with E-state index in [1.807, 2.05) is 0 Å². The predicted molar refractivity (Wildman–Crippen MR) is 47.4 cm³/mol. The van der Waals surface area contributed by atoms with Gasteiger partial charge in [-0.1, -0.05) is 0 Å². The minimum absolute atomic E-state index is 0.113. The van der Waals surface area contributed by atoms with Gasteiger partial charge in [0.15, 0.2) is 0 Å². The molecule has 0 amide bonds. The van der Waals surface area contributed by atoms with E-state index in [2.05, 4.69) is 0 Å². The van der Waals surface area contributed by atoms with Gasteiger partial charge in [-0.05, 0) is 13.8 Å². The summed E-state index contributed by atoms with van der Waals surface area (Å²) in [6, 6.07) is -0.503. The zero-order valence-corrected chi connectivity index (χ0v) is 7.97. The van der Waals surface area contributed by atoms with Crippen LogP contribution in [0.25, 0.3) is 0 Å². The maximum atomic E-state index is 10.4. The average molecular weight is 191 g/mol. The molecule has 2 atom stereocenters.